The molecule has 2 aliphatic heterocycles. The van der Waals surface area contributed by atoms with E-state index in [1.807, 2.05) is 73.6 Å². The molecule has 0 aromatic heterocycles. The lowest BCUT2D eigenvalue weighted by Crippen LogP contribution is -2.29. The standard InChI is InChI=1S/C28H26N2O5/c1-29(2)21-11-8-19(9-12-21)25-24(26(31)20-10-13-22-23(16-20)35-15-14-34-22)27(32)28(33)30(25)17-18-6-4-3-5-7-18/h3-13,16,25,31H,14-15,17H2,1-2H3. The molecule has 5 rings (SSSR count). The van der Waals surface area contributed by atoms with E-state index in [-0.39, 0.29) is 17.9 Å². The topological polar surface area (TPSA) is 79.3 Å². The zero-order valence-corrected chi connectivity index (χ0v) is 19.6. The number of aliphatic hydroxyl groups excluding tert-OH is 1. The predicted molar refractivity (Wildman–Crippen MR) is 132 cm³/mol. The summed E-state index contributed by atoms with van der Waals surface area (Å²) in [6.07, 6.45) is 0. The van der Waals surface area contributed by atoms with Crippen LogP contribution in [-0.2, 0) is 16.1 Å². The number of benzene rings is 3. The maximum absolute atomic E-state index is 13.3. The van der Waals surface area contributed by atoms with Gasteiger partial charge in [0, 0.05) is 31.9 Å². The highest BCUT2D eigenvalue weighted by molar-refractivity contribution is 6.46. The number of amides is 1. The number of likely N-dealkylation sites (tertiary alicyclic amines) is 1. The Bertz CT molecular complexity index is 1300. The molecule has 7 heteroatoms. The third-order valence-corrected chi connectivity index (χ3v) is 6.28. The number of nitrogens with zero attached hydrogens (tertiary/aromatic N) is 2. The van der Waals surface area contributed by atoms with E-state index in [2.05, 4.69) is 0 Å². The van der Waals surface area contributed by atoms with Gasteiger partial charge in [-0.1, -0.05) is 42.5 Å². The van der Waals surface area contributed by atoms with Crippen LogP contribution in [0.4, 0.5) is 5.69 Å². The highest BCUT2D eigenvalue weighted by Gasteiger charge is 2.46. The van der Waals surface area contributed by atoms with E-state index < -0.39 is 17.7 Å². The average Bonchev–Trinajstić information content (AvgIpc) is 3.13. The SMILES string of the molecule is CN(C)c1ccc(C2C(=C(O)c3ccc4c(c3)OCCO4)C(=O)C(=O)N2Cc2ccccc2)cc1. The molecule has 0 saturated carbocycles. The van der Waals surface area contributed by atoms with Crippen molar-refractivity contribution in [2.45, 2.75) is 12.6 Å². The normalized spacial score (nSPS) is 18.6. The molecular weight excluding hydrogens is 444 g/mol. The molecule has 2 aliphatic rings. The van der Waals surface area contributed by atoms with Gasteiger partial charge >= 0.3 is 0 Å². The van der Waals surface area contributed by atoms with Crippen molar-refractivity contribution in [1.29, 1.82) is 0 Å². The van der Waals surface area contributed by atoms with Gasteiger partial charge < -0.3 is 24.4 Å². The number of carbonyl (C=O) groups is 2. The maximum atomic E-state index is 13.3. The zero-order chi connectivity index (χ0) is 24.5. The van der Waals surface area contributed by atoms with Gasteiger partial charge in [-0.05, 0) is 41.5 Å². The Hall–Kier alpha value is -4.26. The third kappa shape index (κ3) is 4.21. The van der Waals surface area contributed by atoms with Crippen LogP contribution in [0.1, 0.15) is 22.7 Å². The number of anilines is 1. The first-order valence-electron chi connectivity index (χ1n) is 11.4. The van der Waals surface area contributed by atoms with Crippen LogP contribution >= 0.6 is 0 Å². The number of ketones is 1. The fourth-order valence-corrected chi connectivity index (χ4v) is 4.47. The van der Waals surface area contributed by atoms with Gasteiger partial charge in [0.25, 0.3) is 11.7 Å². The van der Waals surface area contributed by atoms with Gasteiger partial charge in [0.1, 0.15) is 19.0 Å². The fourth-order valence-electron chi connectivity index (χ4n) is 4.47. The van der Waals surface area contributed by atoms with Gasteiger partial charge in [-0.3, -0.25) is 9.59 Å². The first-order valence-corrected chi connectivity index (χ1v) is 11.4. The van der Waals surface area contributed by atoms with Crippen LogP contribution in [0.15, 0.2) is 78.4 Å². The van der Waals surface area contributed by atoms with Crippen molar-refractivity contribution in [3.63, 3.8) is 0 Å². The van der Waals surface area contributed by atoms with Crippen molar-refractivity contribution in [2.75, 3.05) is 32.2 Å². The predicted octanol–water partition coefficient (Wildman–Crippen LogP) is 4.15. The lowest BCUT2D eigenvalue weighted by molar-refractivity contribution is -0.140. The molecule has 1 fully saturated rings. The van der Waals surface area contributed by atoms with Gasteiger partial charge in [0.05, 0.1) is 11.6 Å². The summed E-state index contributed by atoms with van der Waals surface area (Å²) in [5.41, 5.74) is 3.07. The quantitative estimate of drug-likeness (QED) is 0.343. The summed E-state index contributed by atoms with van der Waals surface area (Å²) >= 11 is 0. The number of Topliss-reactive ketones (excluding diaryl/α,β-unsaturated/α-hetero) is 1. The first kappa shape index (κ1) is 22.5. The van der Waals surface area contributed by atoms with Gasteiger partial charge in [0.2, 0.25) is 0 Å². The molecule has 2 heterocycles. The summed E-state index contributed by atoms with van der Waals surface area (Å²) in [5, 5.41) is 11.3. The summed E-state index contributed by atoms with van der Waals surface area (Å²) in [7, 11) is 3.89. The van der Waals surface area contributed by atoms with E-state index in [4.69, 9.17) is 9.47 Å². The number of hydrogen-bond donors (Lipinski definition) is 1. The van der Waals surface area contributed by atoms with Crippen LogP contribution in [-0.4, -0.2) is 49.0 Å². The van der Waals surface area contributed by atoms with E-state index >= 15 is 0 Å². The lowest BCUT2D eigenvalue weighted by atomic mass is 9.94. The van der Waals surface area contributed by atoms with Crippen LogP contribution in [0.5, 0.6) is 11.5 Å². The van der Waals surface area contributed by atoms with Crippen molar-refractivity contribution in [1.82, 2.24) is 4.90 Å². The highest BCUT2D eigenvalue weighted by atomic mass is 16.6. The van der Waals surface area contributed by atoms with Crippen LogP contribution in [0.3, 0.4) is 0 Å². The molecule has 0 radical (unpaired) electrons. The van der Waals surface area contributed by atoms with Gasteiger partial charge in [-0.2, -0.15) is 0 Å². The number of carbonyl (C=O) groups excluding carboxylic acids is 2. The van der Waals surface area contributed by atoms with Crippen molar-refractivity contribution in [2.24, 2.45) is 0 Å². The molecule has 7 nitrogen and oxygen atoms in total. The molecule has 1 N–H and O–H groups in total. The minimum absolute atomic E-state index is 0.0558. The Morgan fingerprint density at radius 2 is 1.63 bits per heavy atom. The van der Waals surface area contributed by atoms with Crippen molar-refractivity contribution in [3.05, 3.63) is 95.1 Å². The molecule has 1 amide bonds. The Kier molecular flexibility index (Phi) is 5.91. The van der Waals surface area contributed by atoms with Crippen molar-refractivity contribution in [3.8, 4) is 11.5 Å². The van der Waals surface area contributed by atoms with Gasteiger partial charge in [0.15, 0.2) is 11.5 Å². The second-order valence-electron chi connectivity index (χ2n) is 8.76. The van der Waals surface area contributed by atoms with E-state index in [0.717, 1.165) is 16.8 Å². The van der Waals surface area contributed by atoms with E-state index in [9.17, 15) is 14.7 Å². The monoisotopic (exact) mass is 470 g/mol. The zero-order valence-electron chi connectivity index (χ0n) is 19.6. The molecular formula is C28H26N2O5. The summed E-state index contributed by atoms with van der Waals surface area (Å²) < 4.78 is 11.2. The summed E-state index contributed by atoms with van der Waals surface area (Å²) in [5.74, 6) is -0.527. The Morgan fingerprint density at radius 3 is 2.31 bits per heavy atom. The van der Waals surface area contributed by atoms with Crippen molar-refractivity contribution >= 4 is 23.1 Å². The van der Waals surface area contributed by atoms with E-state index in [0.29, 0.717) is 30.3 Å². The molecule has 0 spiro atoms. The number of ether oxygens (including phenoxy) is 2. The Balaban J connectivity index is 1.62. The molecule has 35 heavy (non-hydrogen) atoms. The molecule has 3 aromatic rings. The Morgan fingerprint density at radius 1 is 0.943 bits per heavy atom. The van der Waals surface area contributed by atoms with Crippen LogP contribution in [0.25, 0.3) is 5.76 Å². The minimum Gasteiger partial charge on any atom is -0.507 e. The van der Waals surface area contributed by atoms with Gasteiger partial charge in [-0.25, -0.2) is 0 Å². The van der Waals surface area contributed by atoms with Crippen molar-refractivity contribution < 1.29 is 24.2 Å². The highest BCUT2D eigenvalue weighted by Crippen LogP contribution is 2.42. The number of hydrogen-bond acceptors (Lipinski definition) is 6. The molecule has 1 saturated heterocycles. The van der Waals surface area contributed by atoms with Crippen LogP contribution in [0, 0.1) is 0 Å². The molecule has 3 aromatic carbocycles. The first-order chi connectivity index (χ1) is 16.9. The molecule has 1 unspecified atom stereocenters. The maximum Gasteiger partial charge on any atom is 0.295 e. The van der Waals surface area contributed by atoms with E-state index in [1.54, 1.807) is 18.2 Å². The molecule has 0 aliphatic carbocycles. The largest absolute Gasteiger partial charge is 0.507 e. The minimum atomic E-state index is -0.736. The number of aliphatic hydroxyl groups is 1. The number of fused-ring (bicyclic) bond motifs is 1. The third-order valence-electron chi connectivity index (χ3n) is 6.28. The summed E-state index contributed by atoms with van der Waals surface area (Å²) in [6.45, 7) is 1.09. The molecule has 0 bridgehead atoms. The van der Waals surface area contributed by atoms with Gasteiger partial charge in [-0.15, -0.1) is 0 Å². The van der Waals surface area contributed by atoms with E-state index in [1.165, 1.54) is 4.90 Å². The van der Waals surface area contributed by atoms with Crippen LogP contribution < -0.4 is 14.4 Å². The number of rotatable bonds is 5. The Labute approximate surface area is 203 Å². The second kappa shape index (κ2) is 9.18. The molecule has 1 atom stereocenters. The summed E-state index contributed by atoms with van der Waals surface area (Å²) in [4.78, 5) is 30.0. The molecule has 178 valence electrons. The summed E-state index contributed by atoms with van der Waals surface area (Å²) in [6, 6.07) is 21.4. The average molecular weight is 471 g/mol. The smallest absolute Gasteiger partial charge is 0.295 e. The van der Waals surface area contributed by atoms with Crippen LogP contribution in [0.2, 0.25) is 0 Å². The fraction of sp³-hybridized carbons (Fsp3) is 0.214. The lowest BCUT2D eigenvalue weighted by Gasteiger charge is -2.26. The second-order valence-corrected chi connectivity index (χ2v) is 8.76.